The van der Waals surface area contributed by atoms with Crippen LogP contribution in [0.15, 0.2) is 54.1 Å². The van der Waals surface area contributed by atoms with Crippen molar-refractivity contribution >= 4 is 61.0 Å². The Morgan fingerprint density at radius 3 is 2.67 bits per heavy atom. The maximum atomic E-state index is 14.6. The summed E-state index contributed by atoms with van der Waals surface area (Å²) in [4.78, 5) is 23.1. The van der Waals surface area contributed by atoms with E-state index in [-0.39, 0.29) is 18.1 Å². The van der Waals surface area contributed by atoms with E-state index in [2.05, 4.69) is 42.6 Å². The Balaban J connectivity index is 1.20. The van der Waals surface area contributed by atoms with Gasteiger partial charge in [0.15, 0.2) is 33.3 Å². The number of aromatic carboxylic acids is 1. The fourth-order valence-corrected chi connectivity index (χ4v) is 5.90. The molecule has 0 fully saturated rings. The van der Waals surface area contributed by atoms with Crippen molar-refractivity contribution in [3.8, 4) is 17.6 Å². The summed E-state index contributed by atoms with van der Waals surface area (Å²) in [5.41, 5.74) is 3.62. The molecule has 0 saturated heterocycles. The van der Waals surface area contributed by atoms with E-state index < -0.39 is 11.8 Å². The SMILES string of the molecule is C/C(=C\c1sc(NCc2cc(C)c(Nc3nc4ccccc4s3)nn2)nc1C(=O)O)COc1ccc(C#CCN(C)C)cc1F. The number of aromatic nitrogens is 4. The summed E-state index contributed by atoms with van der Waals surface area (Å²) in [5.74, 6) is 4.91. The predicted molar refractivity (Wildman–Crippen MR) is 177 cm³/mol. The highest BCUT2D eigenvalue weighted by atomic mass is 32.1. The van der Waals surface area contributed by atoms with E-state index in [1.165, 1.54) is 34.8 Å². The zero-order chi connectivity index (χ0) is 31.9. The first kappa shape index (κ1) is 31.5. The molecule has 3 heterocycles. The number of ether oxygens (including phenoxy) is 1. The summed E-state index contributed by atoms with van der Waals surface area (Å²) in [6, 6.07) is 14.4. The third kappa shape index (κ3) is 8.39. The van der Waals surface area contributed by atoms with Crippen molar-refractivity contribution in [1.82, 2.24) is 25.1 Å². The van der Waals surface area contributed by atoms with Crippen LogP contribution in [0.4, 0.5) is 20.5 Å². The second kappa shape index (κ2) is 14.3. The van der Waals surface area contributed by atoms with Crippen LogP contribution in [0.3, 0.4) is 0 Å². The number of carboxylic acids is 1. The Kier molecular flexibility index (Phi) is 9.99. The summed E-state index contributed by atoms with van der Waals surface area (Å²) in [5, 5.41) is 25.9. The molecule has 3 aromatic heterocycles. The third-order valence-corrected chi connectivity index (χ3v) is 8.14. The number of hydrogen-bond acceptors (Lipinski definition) is 11. The van der Waals surface area contributed by atoms with Crippen molar-refractivity contribution < 1.29 is 19.0 Å². The largest absolute Gasteiger partial charge is 0.486 e. The van der Waals surface area contributed by atoms with Gasteiger partial charge >= 0.3 is 5.97 Å². The van der Waals surface area contributed by atoms with Crippen LogP contribution in [0.1, 0.15) is 39.1 Å². The van der Waals surface area contributed by atoms with E-state index in [0.717, 1.165) is 20.9 Å². The molecule has 13 heteroatoms. The van der Waals surface area contributed by atoms with Crippen LogP contribution in [0.2, 0.25) is 0 Å². The molecule has 5 rings (SSSR count). The molecular weight excluding hydrogens is 614 g/mol. The van der Waals surface area contributed by atoms with Gasteiger partial charge < -0.3 is 20.5 Å². The molecular formula is C32H30FN7O3S2. The predicted octanol–water partition coefficient (Wildman–Crippen LogP) is 6.44. The summed E-state index contributed by atoms with van der Waals surface area (Å²) in [6.07, 6.45) is 1.68. The number of para-hydroxylation sites is 1. The fourth-order valence-electron chi connectivity index (χ4n) is 4.05. The molecule has 5 aromatic rings. The Morgan fingerprint density at radius 1 is 1.11 bits per heavy atom. The summed E-state index contributed by atoms with van der Waals surface area (Å²) in [6.45, 7) is 4.63. The average molecular weight is 644 g/mol. The van der Waals surface area contributed by atoms with Crippen molar-refractivity contribution in [2.75, 3.05) is 37.9 Å². The molecule has 0 radical (unpaired) electrons. The van der Waals surface area contributed by atoms with E-state index in [0.29, 0.717) is 45.7 Å². The van der Waals surface area contributed by atoms with Gasteiger partial charge in [0.05, 0.1) is 33.9 Å². The first-order valence-electron chi connectivity index (χ1n) is 13.8. The second-order valence-corrected chi connectivity index (χ2v) is 12.4. The first-order valence-corrected chi connectivity index (χ1v) is 15.4. The topological polar surface area (TPSA) is 125 Å². The number of rotatable bonds is 11. The Bertz CT molecular complexity index is 1910. The van der Waals surface area contributed by atoms with E-state index in [4.69, 9.17) is 4.74 Å². The van der Waals surface area contributed by atoms with Crippen LogP contribution in [0.25, 0.3) is 16.3 Å². The molecule has 0 saturated carbocycles. The minimum atomic E-state index is -1.16. The molecule has 0 bridgehead atoms. The number of benzene rings is 2. The number of carboxylic acid groups (broad SMARTS) is 1. The van der Waals surface area contributed by atoms with Crippen molar-refractivity contribution in [2.24, 2.45) is 0 Å². The number of hydrogen-bond donors (Lipinski definition) is 3. The molecule has 45 heavy (non-hydrogen) atoms. The highest BCUT2D eigenvalue weighted by Crippen LogP contribution is 2.29. The van der Waals surface area contributed by atoms with Gasteiger partial charge in [-0.25, -0.2) is 19.2 Å². The number of fused-ring (bicyclic) bond motifs is 1. The monoisotopic (exact) mass is 643 g/mol. The standard InChI is InChI=1S/C32H30FN7O3S2/c1-19(18-43-25-12-11-21(16-23(25)33)8-7-13-40(3)4)14-27-28(30(41)42)36-31(45-27)34-17-22-15-20(2)29(39-38-22)37-32-35-24-9-5-6-10-26(24)44-32/h5-6,9-12,14-16H,13,17-18H2,1-4H3,(H,34,36)(H,41,42)(H,35,37,39)/b19-14+. The van der Waals surface area contributed by atoms with Gasteiger partial charge in [0.25, 0.3) is 0 Å². The molecule has 0 amide bonds. The number of aryl methyl sites for hydroxylation is 1. The van der Waals surface area contributed by atoms with Gasteiger partial charge in [-0.05, 0) is 81.6 Å². The quantitative estimate of drug-likeness (QED) is 0.139. The first-order chi connectivity index (χ1) is 21.6. The van der Waals surface area contributed by atoms with Crippen LogP contribution in [-0.4, -0.2) is 63.4 Å². The number of thiazole rings is 2. The zero-order valence-corrected chi connectivity index (χ0v) is 26.6. The molecule has 0 spiro atoms. The average Bonchev–Trinajstić information content (AvgIpc) is 3.60. The summed E-state index contributed by atoms with van der Waals surface area (Å²) >= 11 is 2.72. The normalized spacial score (nSPS) is 11.4. The van der Waals surface area contributed by atoms with Gasteiger partial charge in [-0.3, -0.25) is 4.90 Å². The Hall–Kier alpha value is -4.90. The van der Waals surface area contributed by atoms with Gasteiger partial charge in [0.2, 0.25) is 0 Å². The third-order valence-electron chi connectivity index (χ3n) is 6.22. The lowest BCUT2D eigenvalue weighted by Gasteiger charge is -2.08. The maximum absolute atomic E-state index is 14.6. The number of carbonyl (C=O) groups is 1. The minimum Gasteiger partial charge on any atom is -0.486 e. The molecule has 0 unspecified atom stereocenters. The molecule has 0 aliphatic rings. The van der Waals surface area contributed by atoms with Crippen molar-refractivity contribution in [3.05, 3.63) is 87.3 Å². The molecule has 2 aromatic carbocycles. The van der Waals surface area contributed by atoms with Crippen molar-refractivity contribution in [2.45, 2.75) is 20.4 Å². The number of halogens is 1. The van der Waals surface area contributed by atoms with E-state index >= 15 is 0 Å². The Labute approximate surface area is 267 Å². The van der Waals surface area contributed by atoms with E-state index in [1.807, 2.05) is 56.3 Å². The zero-order valence-electron chi connectivity index (χ0n) is 25.0. The van der Waals surface area contributed by atoms with E-state index in [9.17, 15) is 14.3 Å². The summed E-state index contributed by atoms with van der Waals surface area (Å²) in [7, 11) is 3.82. The van der Waals surface area contributed by atoms with Gasteiger partial charge in [-0.1, -0.05) is 46.6 Å². The smallest absolute Gasteiger partial charge is 0.356 e. The van der Waals surface area contributed by atoms with Gasteiger partial charge in [-0.2, -0.15) is 5.10 Å². The van der Waals surface area contributed by atoms with Gasteiger partial charge in [0, 0.05) is 5.56 Å². The van der Waals surface area contributed by atoms with Crippen LogP contribution in [0, 0.1) is 24.6 Å². The number of anilines is 3. The molecule has 0 aliphatic heterocycles. The summed E-state index contributed by atoms with van der Waals surface area (Å²) < 4.78 is 21.3. The van der Waals surface area contributed by atoms with Crippen LogP contribution >= 0.6 is 22.7 Å². The van der Waals surface area contributed by atoms with Crippen LogP contribution < -0.4 is 15.4 Å². The molecule has 0 aliphatic carbocycles. The Morgan fingerprint density at radius 2 is 1.93 bits per heavy atom. The van der Waals surface area contributed by atoms with Crippen molar-refractivity contribution in [1.29, 1.82) is 0 Å². The maximum Gasteiger partial charge on any atom is 0.356 e. The lowest BCUT2D eigenvalue weighted by atomic mass is 10.2. The minimum absolute atomic E-state index is 0.0641. The molecule has 10 nitrogen and oxygen atoms in total. The fraction of sp³-hybridized carbons (Fsp3) is 0.219. The second-order valence-electron chi connectivity index (χ2n) is 10.3. The molecule has 230 valence electrons. The number of nitrogens with zero attached hydrogens (tertiary/aromatic N) is 5. The lowest BCUT2D eigenvalue weighted by molar-refractivity contribution is 0.0691. The van der Waals surface area contributed by atoms with Gasteiger partial charge in [0.1, 0.15) is 6.61 Å². The highest BCUT2D eigenvalue weighted by Gasteiger charge is 2.17. The van der Waals surface area contributed by atoms with Crippen molar-refractivity contribution in [3.63, 3.8) is 0 Å². The van der Waals surface area contributed by atoms with E-state index in [1.54, 1.807) is 19.1 Å². The lowest BCUT2D eigenvalue weighted by Crippen LogP contribution is -2.10. The van der Waals surface area contributed by atoms with Crippen LogP contribution in [-0.2, 0) is 6.54 Å². The van der Waals surface area contributed by atoms with Gasteiger partial charge in [-0.15, -0.1) is 5.10 Å². The molecule has 0 atom stereocenters. The molecule has 3 N–H and O–H groups in total. The highest BCUT2D eigenvalue weighted by molar-refractivity contribution is 7.22. The number of nitrogens with one attached hydrogen (secondary N) is 2. The van der Waals surface area contributed by atoms with Crippen LogP contribution in [0.5, 0.6) is 5.75 Å².